The highest BCUT2D eigenvalue weighted by atomic mass is 16.5. The summed E-state index contributed by atoms with van der Waals surface area (Å²) in [5, 5.41) is 13.5. The van der Waals surface area contributed by atoms with Crippen molar-refractivity contribution in [3.63, 3.8) is 0 Å². The number of ether oxygens (including phenoxy) is 1. The second-order valence-corrected chi connectivity index (χ2v) is 8.96. The Hall–Kier alpha value is -4.91. The number of hydrogen-bond donors (Lipinski definition) is 2. The van der Waals surface area contributed by atoms with Crippen LogP contribution >= 0.6 is 0 Å². The molecule has 2 N–H and O–H groups in total. The van der Waals surface area contributed by atoms with Gasteiger partial charge in [0.05, 0.1) is 5.69 Å². The van der Waals surface area contributed by atoms with Gasteiger partial charge in [-0.25, -0.2) is 9.69 Å². The number of amides is 4. The van der Waals surface area contributed by atoms with E-state index >= 15 is 0 Å². The van der Waals surface area contributed by atoms with Crippen LogP contribution in [0.25, 0.3) is 16.8 Å². The predicted octanol–water partition coefficient (Wildman–Crippen LogP) is 5.41. The van der Waals surface area contributed by atoms with Crippen LogP contribution in [0.15, 0.2) is 84.4 Å². The molecular formula is C30H24N2O5. The maximum atomic E-state index is 13.4. The highest BCUT2D eigenvalue weighted by molar-refractivity contribution is 6.39. The van der Waals surface area contributed by atoms with Gasteiger partial charge in [-0.1, -0.05) is 59.7 Å². The van der Waals surface area contributed by atoms with Crippen molar-refractivity contribution in [1.29, 1.82) is 0 Å². The second-order valence-electron chi connectivity index (χ2n) is 8.96. The lowest BCUT2D eigenvalue weighted by molar-refractivity contribution is -0.122. The second kappa shape index (κ2) is 9.62. The number of fused-ring (bicyclic) bond motifs is 1. The fourth-order valence-electron chi connectivity index (χ4n) is 4.50. The smallest absolute Gasteiger partial charge is 0.335 e. The molecule has 0 radical (unpaired) electrons. The van der Waals surface area contributed by atoms with Crippen LogP contribution in [-0.4, -0.2) is 23.0 Å². The molecule has 0 spiro atoms. The molecule has 7 nitrogen and oxygen atoms in total. The molecule has 5 rings (SSSR count). The molecule has 4 aromatic carbocycles. The summed E-state index contributed by atoms with van der Waals surface area (Å²) < 4.78 is 6.20. The summed E-state index contributed by atoms with van der Waals surface area (Å²) in [5.74, 6) is -1.08. The Morgan fingerprint density at radius 3 is 2.32 bits per heavy atom. The van der Waals surface area contributed by atoms with Crippen molar-refractivity contribution in [2.24, 2.45) is 0 Å². The zero-order valence-corrected chi connectivity index (χ0v) is 20.3. The first-order valence-electron chi connectivity index (χ1n) is 11.7. The minimum atomic E-state index is -0.859. The van der Waals surface area contributed by atoms with E-state index in [1.807, 2.05) is 62.4 Å². The van der Waals surface area contributed by atoms with E-state index in [0.29, 0.717) is 17.9 Å². The van der Waals surface area contributed by atoms with Crippen molar-refractivity contribution in [2.75, 3.05) is 4.90 Å². The normalized spacial score (nSPS) is 14.8. The van der Waals surface area contributed by atoms with Gasteiger partial charge in [-0.2, -0.15) is 0 Å². The van der Waals surface area contributed by atoms with Gasteiger partial charge in [0.15, 0.2) is 0 Å². The molecule has 0 saturated carbocycles. The molecule has 0 aliphatic carbocycles. The monoisotopic (exact) mass is 492 g/mol. The Labute approximate surface area is 213 Å². The van der Waals surface area contributed by atoms with E-state index in [1.54, 1.807) is 0 Å². The Kier molecular flexibility index (Phi) is 6.19. The van der Waals surface area contributed by atoms with Crippen LogP contribution in [0.3, 0.4) is 0 Å². The van der Waals surface area contributed by atoms with E-state index in [9.17, 15) is 19.5 Å². The van der Waals surface area contributed by atoms with E-state index in [1.165, 1.54) is 30.3 Å². The molecule has 37 heavy (non-hydrogen) atoms. The van der Waals surface area contributed by atoms with E-state index in [2.05, 4.69) is 11.4 Å². The number of benzene rings is 4. The SMILES string of the molecule is Cc1cc(C)cc(COc2ccc3ccccc3c2/C=C2\C(=O)NC(=O)N(c3ccc(O)cc3)C2=O)c1. The number of carbonyl (C=O) groups excluding carboxylic acids is 3. The van der Waals surface area contributed by atoms with Crippen molar-refractivity contribution in [1.82, 2.24) is 5.32 Å². The van der Waals surface area contributed by atoms with Gasteiger partial charge in [0.2, 0.25) is 0 Å². The molecule has 184 valence electrons. The largest absolute Gasteiger partial charge is 0.508 e. The number of rotatable bonds is 5. The summed E-state index contributed by atoms with van der Waals surface area (Å²) in [7, 11) is 0. The maximum absolute atomic E-state index is 13.4. The van der Waals surface area contributed by atoms with Crippen LogP contribution < -0.4 is 15.0 Å². The highest BCUT2D eigenvalue weighted by Gasteiger charge is 2.37. The Balaban J connectivity index is 1.58. The van der Waals surface area contributed by atoms with Crippen LogP contribution in [0, 0.1) is 13.8 Å². The van der Waals surface area contributed by atoms with Gasteiger partial charge in [-0.3, -0.25) is 14.9 Å². The molecule has 0 bridgehead atoms. The van der Waals surface area contributed by atoms with Gasteiger partial charge in [0.25, 0.3) is 11.8 Å². The number of carbonyl (C=O) groups is 3. The summed E-state index contributed by atoms with van der Waals surface area (Å²) >= 11 is 0. The molecule has 0 unspecified atom stereocenters. The van der Waals surface area contributed by atoms with Crippen molar-refractivity contribution >= 4 is 40.4 Å². The standard InChI is InChI=1S/C30H24N2O5/c1-18-13-19(2)15-20(14-18)17-37-27-12-7-21-5-3-4-6-24(21)25(27)16-26-28(34)31-30(36)32(29(26)35)22-8-10-23(33)11-9-22/h3-16,33H,17H2,1-2H3,(H,31,34,36)/b26-16+. The molecule has 0 aromatic heterocycles. The van der Waals surface area contributed by atoms with Crippen molar-refractivity contribution in [3.8, 4) is 11.5 Å². The summed E-state index contributed by atoms with van der Waals surface area (Å²) in [6.45, 7) is 4.35. The number of anilines is 1. The third-order valence-electron chi connectivity index (χ3n) is 6.10. The van der Waals surface area contributed by atoms with E-state index in [-0.39, 0.29) is 17.0 Å². The Morgan fingerprint density at radius 1 is 0.892 bits per heavy atom. The summed E-state index contributed by atoms with van der Waals surface area (Å²) in [6, 6.07) is 22.2. The lowest BCUT2D eigenvalue weighted by Crippen LogP contribution is -2.54. The minimum absolute atomic E-state index is 0.0122. The maximum Gasteiger partial charge on any atom is 0.335 e. The Bertz CT molecular complexity index is 1570. The average molecular weight is 493 g/mol. The van der Waals surface area contributed by atoms with E-state index in [4.69, 9.17) is 4.74 Å². The average Bonchev–Trinajstić information content (AvgIpc) is 2.86. The van der Waals surface area contributed by atoms with Crippen molar-refractivity contribution in [2.45, 2.75) is 20.5 Å². The van der Waals surface area contributed by atoms with Gasteiger partial charge in [-0.05, 0) is 66.6 Å². The van der Waals surface area contributed by atoms with Gasteiger partial charge >= 0.3 is 6.03 Å². The summed E-state index contributed by atoms with van der Waals surface area (Å²) in [5.41, 5.74) is 3.83. The van der Waals surface area contributed by atoms with Crippen LogP contribution in [0.2, 0.25) is 0 Å². The van der Waals surface area contributed by atoms with Crippen LogP contribution in [0.5, 0.6) is 11.5 Å². The predicted molar refractivity (Wildman–Crippen MR) is 141 cm³/mol. The van der Waals surface area contributed by atoms with E-state index in [0.717, 1.165) is 32.4 Å². The minimum Gasteiger partial charge on any atom is -0.508 e. The number of hydrogen-bond acceptors (Lipinski definition) is 5. The lowest BCUT2D eigenvalue weighted by atomic mass is 9.99. The number of imide groups is 2. The first-order chi connectivity index (χ1) is 17.8. The van der Waals surface area contributed by atoms with Crippen LogP contribution in [0.4, 0.5) is 10.5 Å². The number of aromatic hydroxyl groups is 1. The highest BCUT2D eigenvalue weighted by Crippen LogP contribution is 2.32. The molecule has 4 aromatic rings. The fourth-order valence-corrected chi connectivity index (χ4v) is 4.50. The van der Waals surface area contributed by atoms with Crippen LogP contribution in [-0.2, 0) is 16.2 Å². The van der Waals surface area contributed by atoms with Gasteiger partial charge in [0.1, 0.15) is 23.7 Å². The summed E-state index contributed by atoms with van der Waals surface area (Å²) in [4.78, 5) is 39.7. The number of nitrogens with one attached hydrogen (secondary N) is 1. The zero-order valence-electron chi connectivity index (χ0n) is 20.3. The number of urea groups is 1. The number of barbiturate groups is 1. The number of phenols is 1. The molecule has 1 aliphatic rings. The third kappa shape index (κ3) is 4.79. The first kappa shape index (κ1) is 23.8. The van der Waals surface area contributed by atoms with Gasteiger partial charge in [0, 0.05) is 5.56 Å². The van der Waals surface area contributed by atoms with Crippen LogP contribution in [0.1, 0.15) is 22.3 Å². The molecule has 0 atom stereocenters. The summed E-state index contributed by atoms with van der Waals surface area (Å²) in [6.07, 6.45) is 1.47. The van der Waals surface area contributed by atoms with Crippen molar-refractivity contribution < 1.29 is 24.2 Å². The molecule has 4 amide bonds. The fraction of sp³-hybridized carbons (Fsp3) is 0.100. The number of aryl methyl sites for hydroxylation is 2. The van der Waals surface area contributed by atoms with Crippen molar-refractivity contribution in [3.05, 3.63) is 107 Å². The van der Waals surface area contributed by atoms with E-state index < -0.39 is 17.8 Å². The molecule has 7 heteroatoms. The van der Waals surface area contributed by atoms with Gasteiger partial charge < -0.3 is 9.84 Å². The zero-order chi connectivity index (χ0) is 26.1. The molecule has 1 heterocycles. The topological polar surface area (TPSA) is 95.9 Å². The molecular weight excluding hydrogens is 468 g/mol. The quantitative estimate of drug-likeness (QED) is 0.287. The molecule has 1 fully saturated rings. The van der Waals surface area contributed by atoms with Gasteiger partial charge in [-0.15, -0.1) is 0 Å². The first-order valence-corrected chi connectivity index (χ1v) is 11.7. The molecule has 1 aliphatic heterocycles. The number of nitrogens with zero attached hydrogens (tertiary/aromatic N) is 1. The molecule has 1 saturated heterocycles. The Morgan fingerprint density at radius 2 is 1.59 bits per heavy atom. The third-order valence-corrected chi connectivity index (χ3v) is 6.10. The number of phenolic OH excluding ortho intramolecular Hbond substituents is 1. The lowest BCUT2D eigenvalue weighted by Gasteiger charge is -2.26.